The van der Waals surface area contributed by atoms with Crippen molar-refractivity contribution in [2.45, 2.75) is 13.8 Å². The van der Waals surface area contributed by atoms with Crippen LogP contribution in [0, 0.1) is 0 Å². The van der Waals surface area contributed by atoms with E-state index in [1.165, 1.54) is 0 Å². The lowest BCUT2D eigenvalue weighted by molar-refractivity contribution is -0.145. The van der Waals surface area contributed by atoms with Crippen LogP contribution in [0.3, 0.4) is 0 Å². The SMILES string of the molecule is CCOC(=O)COc1cccc(NC(=O)OCC)c1. The van der Waals surface area contributed by atoms with E-state index in [4.69, 9.17) is 14.2 Å². The van der Waals surface area contributed by atoms with Crippen LogP contribution in [0.15, 0.2) is 24.3 Å². The second-order valence-corrected chi connectivity index (χ2v) is 3.47. The standard InChI is InChI=1S/C13H17NO5/c1-3-17-12(15)9-19-11-7-5-6-10(8-11)14-13(16)18-4-2/h5-8H,3-4,9H2,1-2H3,(H,14,16). The van der Waals surface area contributed by atoms with Crippen LogP contribution in [0.2, 0.25) is 0 Å². The molecule has 0 aromatic heterocycles. The fraction of sp³-hybridized carbons (Fsp3) is 0.385. The molecule has 0 unspecified atom stereocenters. The van der Waals surface area contributed by atoms with Crippen LogP contribution in [0.5, 0.6) is 5.75 Å². The molecule has 6 nitrogen and oxygen atoms in total. The summed E-state index contributed by atoms with van der Waals surface area (Å²) >= 11 is 0. The molecule has 0 fully saturated rings. The Bertz CT molecular complexity index is 433. The van der Waals surface area contributed by atoms with Gasteiger partial charge in [0.05, 0.1) is 13.2 Å². The molecular weight excluding hydrogens is 250 g/mol. The van der Waals surface area contributed by atoms with E-state index in [1.54, 1.807) is 38.1 Å². The van der Waals surface area contributed by atoms with E-state index in [2.05, 4.69) is 5.32 Å². The van der Waals surface area contributed by atoms with Crippen LogP contribution < -0.4 is 10.1 Å². The summed E-state index contributed by atoms with van der Waals surface area (Å²) in [6.07, 6.45) is -0.537. The maximum atomic E-state index is 11.2. The molecule has 1 amide bonds. The average Bonchev–Trinajstić information content (AvgIpc) is 2.37. The number of benzene rings is 1. The zero-order valence-corrected chi connectivity index (χ0v) is 11.0. The molecule has 0 saturated heterocycles. The molecule has 0 aliphatic heterocycles. The van der Waals surface area contributed by atoms with Gasteiger partial charge in [0.15, 0.2) is 6.61 Å². The third kappa shape index (κ3) is 5.76. The smallest absolute Gasteiger partial charge is 0.411 e. The maximum absolute atomic E-state index is 11.2. The van der Waals surface area contributed by atoms with E-state index in [0.29, 0.717) is 24.7 Å². The lowest BCUT2D eigenvalue weighted by atomic mass is 10.3. The predicted molar refractivity (Wildman–Crippen MR) is 69.2 cm³/mol. The van der Waals surface area contributed by atoms with Crippen molar-refractivity contribution in [3.05, 3.63) is 24.3 Å². The molecule has 1 rings (SSSR count). The Morgan fingerprint density at radius 3 is 2.58 bits per heavy atom. The van der Waals surface area contributed by atoms with Gasteiger partial charge in [0.25, 0.3) is 0 Å². The van der Waals surface area contributed by atoms with Gasteiger partial charge in [0.1, 0.15) is 5.75 Å². The highest BCUT2D eigenvalue weighted by atomic mass is 16.6. The van der Waals surface area contributed by atoms with Crippen LogP contribution in [0.25, 0.3) is 0 Å². The number of carbonyl (C=O) groups is 2. The Balaban J connectivity index is 2.52. The van der Waals surface area contributed by atoms with Crippen molar-refractivity contribution in [1.29, 1.82) is 0 Å². The van der Waals surface area contributed by atoms with Crippen molar-refractivity contribution in [2.24, 2.45) is 0 Å². The molecule has 0 radical (unpaired) electrons. The van der Waals surface area contributed by atoms with Gasteiger partial charge in [-0.3, -0.25) is 5.32 Å². The van der Waals surface area contributed by atoms with Crippen LogP contribution >= 0.6 is 0 Å². The van der Waals surface area contributed by atoms with Crippen LogP contribution in [0.1, 0.15) is 13.8 Å². The van der Waals surface area contributed by atoms with E-state index < -0.39 is 12.1 Å². The predicted octanol–water partition coefficient (Wildman–Crippen LogP) is 2.20. The quantitative estimate of drug-likeness (QED) is 0.800. The van der Waals surface area contributed by atoms with E-state index in [9.17, 15) is 9.59 Å². The van der Waals surface area contributed by atoms with Crippen molar-refractivity contribution in [3.63, 3.8) is 0 Å². The first-order valence-corrected chi connectivity index (χ1v) is 5.98. The van der Waals surface area contributed by atoms with Crippen LogP contribution in [0.4, 0.5) is 10.5 Å². The summed E-state index contributed by atoms with van der Waals surface area (Å²) in [6.45, 7) is 3.88. The van der Waals surface area contributed by atoms with Crippen molar-refractivity contribution in [1.82, 2.24) is 0 Å². The molecule has 1 aromatic rings. The van der Waals surface area contributed by atoms with Crippen molar-refractivity contribution < 1.29 is 23.8 Å². The number of amides is 1. The molecule has 1 N–H and O–H groups in total. The molecule has 0 saturated carbocycles. The first-order chi connectivity index (χ1) is 9.15. The average molecular weight is 267 g/mol. The van der Waals surface area contributed by atoms with Crippen molar-refractivity contribution >= 4 is 17.7 Å². The molecule has 0 aliphatic rings. The minimum absolute atomic E-state index is 0.170. The van der Waals surface area contributed by atoms with Gasteiger partial charge in [-0.15, -0.1) is 0 Å². The number of esters is 1. The van der Waals surface area contributed by atoms with Gasteiger partial charge in [-0.05, 0) is 26.0 Å². The third-order valence-electron chi connectivity index (χ3n) is 2.02. The molecule has 19 heavy (non-hydrogen) atoms. The molecule has 0 spiro atoms. The number of anilines is 1. The van der Waals surface area contributed by atoms with Gasteiger partial charge >= 0.3 is 12.1 Å². The van der Waals surface area contributed by atoms with Gasteiger partial charge in [-0.25, -0.2) is 9.59 Å². The van der Waals surface area contributed by atoms with Gasteiger partial charge in [0, 0.05) is 11.8 Å². The lowest BCUT2D eigenvalue weighted by Gasteiger charge is -2.08. The Kier molecular flexibility index (Phi) is 6.21. The summed E-state index contributed by atoms with van der Waals surface area (Å²) in [5.74, 6) is 0.0219. The Morgan fingerprint density at radius 2 is 1.89 bits per heavy atom. The van der Waals surface area contributed by atoms with Gasteiger partial charge < -0.3 is 14.2 Å². The molecule has 0 aliphatic carbocycles. The van der Waals surface area contributed by atoms with Crippen LogP contribution in [-0.4, -0.2) is 31.9 Å². The van der Waals surface area contributed by atoms with Gasteiger partial charge in [0.2, 0.25) is 0 Å². The van der Waals surface area contributed by atoms with Crippen LogP contribution in [-0.2, 0) is 14.3 Å². The number of nitrogens with one attached hydrogen (secondary N) is 1. The molecule has 0 bridgehead atoms. The number of hydrogen-bond donors (Lipinski definition) is 1. The summed E-state index contributed by atoms with van der Waals surface area (Å²) in [4.78, 5) is 22.4. The lowest BCUT2D eigenvalue weighted by Crippen LogP contribution is -2.15. The summed E-state index contributed by atoms with van der Waals surface area (Å²) in [5, 5.41) is 2.54. The second kappa shape index (κ2) is 7.97. The largest absolute Gasteiger partial charge is 0.482 e. The topological polar surface area (TPSA) is 73.9 Å². The zero-order chi connectivity index (χ0) is 14.1. The Morgan fingerprint density at radius 1 is 1.16 bits per heavy atom. The minimum atomic E-state index is -0.537. The van der Waals surface area contributed by atoms with E-state index in [0.717, 1.165) is 0 Å². The van der Waals surface area contributed by atoms with E-state index in [1.807, 2.05) is 0 Å². The first-order valence-electron chi connectivity index (χ1n) is 5.98. The molecule has 104 valence electrons. The highest BCUT2D eigenvalue weighted by molar-refractivity contribution is 5.84. The van der Waals surface area contributed by atoms with Gasteiger partial charge in [-0.2, -0.15) is 0 Å². The summed E-state index contributed by atoms with van der Waals surface area (Å²) in [6, 6.07) is 6.65. The molecule has 0 heterocycles. The van der Waals surface area contributed by atoms with E-state index in [-0.39, 0.29) is 6.61 Å². The number of ether oxygens (including phenoxy) is 3. The number of carbonyl (C=O) groups excluding carboxylic acids is 2. The molecular formula is C13H17NO5. The van der Waals surface area contributed by atoms with E-state index >= 15 is 0 Å². The zero-order valence-electron chi connectivity index (χ0n) is 11.0. The minimum Gasteiger partial charge on any atom is -0.482 e. The molecule has 0 atom stereocenters. The summed E-state index contributed by atoms with van der Waals surface area (Å²) in [7, 11) is 0. The fourth-order valence-electron chi connectivity index (χ4n) is 1.29. The van der Waals surface area contributed by atoms with Crippen molar-refractivity contribution in [3.8, 4) is 5.75 Å². The van der Waals surface area contributed by atoms with Crippen molar-refractivity contribution in [2.75, 3.05) is 25.1 Å². The first kappa shape index (κ1) is 14.8. The molecule has 1 aromatic carbocycles. The highest BCUT2D eigenvalue weighted by Crippen LogP contribution is 2.17. The molecule has 6 heteroatoms. The normalized spacial score (nSPS) is 9.58. The maximum Gasteiger partial charge on any atom is 0.411 e. The number of rotatable bonds is 6. The second-order valence-electron chi connectivity index (χ2n) is 3.47. The summed E-state index contributed by atoms with van der Waals surface area (Å²) < 4.78 is 14.7. The Hall–Kier alpha value is -2.24. The monoisotopic (exact) mass is 267 g/mol. The summed E-state index contributed by atoms with van der Waals surface area (Å²) in [5.41, 5.74) is 0.528. The Labute approximate surface area is 111 Å². The number of hydrogen-bond acceptors (Lipinski definition) is 5. The van der Waals surface area contributed by atoms with Gasteiger partial charge in [-0.1, -0.05) is 6.07 Å². The fourth-order valence-corrected chi connectivity index (χ4v) is 1.29. The third-order valence-corrected chi connectivity index (χ3v) is 2.02. The highest BCUT2D eigenvalue weighted by Gasteiger charge is 2.05.